The first-order chi connectivity index (χ1) is 14.0. The number of hydrogen-bond donors (Lipinski definition) is 0. The third kappa shape index (κ3) is 3.89. The minimum atomic E-state index is -0.373. The zero-order valence-corrected chi connectivity index (χ0v) is 16.1. The minimum absolute atomic E-state index is 0.142. The number of aromatic nitrogens is 2. The van der Waals surface area contributed by atoms with Crippen LogP contribution in [0.5, 0.6) is 0 Å². The third-order valence-electron chi connectivity index (χ3n) is 5.05. The Morgan fingerprint density at radius 1 is 0.862 bits per heavy atom. The zero-order chi connectivity index (χ0) is 20.4. The fourth-order valence-corrected chi connectivity index (χ4v) is 3.46. The Kier molecular flexibility index (Phi) is 5.12. The molecule has 0 N–H and O–H groups in total. The van der Waals surface area contributed by atoms with Gasteiger partial charge in [0.2, 0.25) is 0 Å². The second-order valence-electron chi connectivity index (χ2n) is 7.01. The van der Waals surface area contributed by atoms with Gasteiger partial charge in [-0.15, -0.1) is 0 Å². The monoisotopic (exact) mass is 392 g/mol. The minimum Gasteiger partial charge on any atom is -0.335 e. The van der Waals surface area contributed by atoms with E-state index in [4.69, 9.17) is 0 Å². The van der Waals surface area contributed by atoms with Crippen LogP contribution < -0.4 is 0 Å². The number of halogens is 1. The first-order valence-electron chi connectivity index (χ1n) is 9.49. The molecule has 0 radical (unpaired) electrons. The van der Waals surface area contributed by atoms with Crippen molar-refractivity contribution < 1.29 is 14.0 Å². The number of amides is 2. The molecule has 0 aliphatic carbocycles. The fourth-order valence-electron chi connectivity index (χ4n) is 3.46. The van der Waals surface area contributed by atoms with Crippen molar-refractivity contribution in [2.24, 2.45) is 0 Å². The van der Waals surface area contributed by atoms with Crippen LogP contribution in [0, 0.1) is 12.7 Å². The standard InChI is InChI=1S/C22H21FN4O2/c1-16-15-20(24-27(16)19-5-3-2-4-6-19)22(29)26-13-11-25(12-14-26)21(28)17-7-9-18(23)10-8-17/h2-10,15H,11-14H2,1H3. The Bertz CT molecular complexity index is 1020. The quantitative estimate of drug-likeness (QED) is 0.689. The molecule has 6 nitrogen and oxygen atoms in total. The highest BCUT2D eigenvalue weighted by Crippen LogP contribution is 2.15. The molecule has 2 amide bonds. The smallest absolute Gasteiger partial charge is 0.274 e. The van der Waals surface area contributed by atoms with Crippen molar-refractivity contribution in [2.45, 2.75) is 6.92 Å². The van der Waals surface area contributed by atoms with Crippen LogP contribution in [0.1, 0.15) is 26.5 Å². The van der Waals surface area contributed by atoms with Crippen LogP contribution in [0.3, 0.4) is 0 Å². The zero-order valence-electron chi connectivity index (χ0n) is 16.1. The number of rotatable bonds is 3. The van der Waals surface area contributed by atoms with Gasteiger partial charge in [0.1, 0.15) is 5.82 Å². The van der Waals surface area contributed by atoms with Crippen LogP contribution in [-0.2, 0) is 0 Å². The first kappa shape index (κ1) is 18.9. The predicted molar refractivity (Wildman–Crippen MR) is 107 cm³/mol. The topological polar surface area (TPSA) is 58.4 Å². The normalized spacial score (nSPS) is 14.1. The summed E-state index contributed by atoms with van der Waals surface area (Å²) in [7, 11) is 0. The number of para-hydroxylation sites is 1. The van der Waals surface area contributed by atoms with Crippen LogP contribution in [0.4, 0.5) is 4.39 Å². The predicted octanol–water partition coefficient (Wildman–Crippen LogP) is 2.92. The van der Waals surface area contributed by atoms with Crippen molar-refractivity contribution in [3.05, 3.63) is 83.4 Å². The van der Waals surface area contributed by atoms with Gasteiger partial charge in [-0.3, -0.25) is 9.59 Å². The van der Waals surface area contributed by atoms with Crippen molar-refractivity contribution in [1.82, 2.24) is 19.6 Å². The maximum Gasteiger partial charge on any atom is 0.274 e. The van der Waals surface area contributed by atoms with E-state index >= 15 is 0 Å². The van der Waals surface area contributed by atoms with Crippen LogP contribution in [-0.4, -0.2) is 57.6 Å². The molecule has 148 valence electrons. The molecule has 7 heteroatoms. The van der Waals surface area contributed by atoms with Crippen molar-refractivity contribution in [3.8, 4) is 5.69 Å². The summed E-state index contributed by atoms with van der Waals surface area (Å²) < 4.78 is 14.8. The number of aryl methyl sites for hydroxylation is 1. The average Bonchev–Trinajstić information content (AvgIpc) is 3.15. The number of piperazine rings is 1. The summed E-state index contributed by atoms with van der Waals surface area (Å²) in [5, 5.41) is 4.47. The van der Waals surface area contributed by atoms with E-state index in [9.17, 15) is 14.0 Å². The van der Waals surface area contributed by atoms with Gasteiger partial charge in [0.05, 0.1) is 5.69 Å². The fraction of sp³-hybridized carbons (Fsp3) is 0.227. The van der Waals surface area contributed by atoms with Gasteiger partial charge in [0.25, 0.3) is 11.8 Å². The molecular weight excluding hydrogens is 371 g/mol. The molecule has 2 aromatic carbocycles. The van der Waals surface area contributed by atoms with Crippen molar-refractivity contribution in [2.75, 3.05) is 26.2 Å². The summed E-state index contributed by atoms with van der Waals surface area (Å²) in [5.74, 6) is -0.667. The molecular formula is C22H21FN4O2. The second kappa shape index (κ2) is 7.87. The highest BCUT2D eigenvalue weighted by Gasteiger charge is 2.27. The Morgan fingerprint density at radius 3 is 2.07 bits per heavy atom. The Balaban J connectivity index is 1.42. The molecule has 0 bridgehead atoms. The van der Waals surface area contributed by atoms with Gasteiger partial charge < -0.3 is 9.80 Å². The highest BCUT2D eigenvalue weighted by molar-refractivity contribution is 5.95. The molecule has 1 saturated heterocycles. The lowest BCUT2D eigenvalue weighted by molar-refractivity contribution is 0.0532. The van der Waals surface area contributed by atoms with E-state index < -0.39 is 0 Å². The van der Waals surface area contributed by atoms with Gasteiger partial charge in [-0.2, -0.15) is 5.10 Å². The van der Waals surface area contributed by atoms with E-state index in [1.807, 2.05) is 37.3 Å². The Labute approximate surface area is 168 Å². The number of carbonyl (C=O) groups excluding carboxylic acids is 2. The molecule has 1 fully saturated rings. The molecule has 2 heterocycles. The Hall–Kier alpha value is -3.48. The largest absolute Gasteiger partial charge is 0.335 e. The molecule has 1 aromatic heterocycles. The van der Waals surface area contributed by atoms with Crippen LogP contribution in [0.25, 0.3) is 5.69 Å². The Morgan fingerprint density at radius 2 is 1.45 bits per heavy atom. The molecule has 4 rings (SSSR count). The van der Waals surface area contributed by atoms with E-state index in [1.54, 1.807) is 20.5 Å². The van der Waals surface area contributed by atoms with Crippen molar-refractivity contribution in [3.63, 3.8) is 0 Å². The lowest BCUT2D eigenvalue weighted by Crippen LogP contribution is -2.50. The van der Waals surface area contributed by atoms with Crippen LogP contribution in [0.2, 0.25) is 0 Å². The van der Waals surface area contributed by atoms with Crippen LogP contribution in [0.15, 0.2) is 60.7 Å². The number of benzene rings is 2. The molecule has 0 atom stereocenters. The molecule has 0 unspecified atom stereocenters. The third-order valence-corrected chi connectivity index (χ3v) is 5.05. The van der Waals surface area contributed by atoms with Gasteiger partial charge in [0, 0.05) is 37.4 Å². The maximum absolute atomic E-state index is 13.1. The summed E-state index contributed by atoms with van der Waals surface area (Å²) in [6.07, 6.45) is 0. The molecule has 1 aliphatic heterocycles. The summed E-state index contributed by atoms with van der Waals surface area (Å²) in [5.41, 5.74) is 2.62. The highest BCUT2D eigenvalue weighted by atomic mass is 19.1. The summed E-state index contributed by atoms with van der Waals surface area (Å²) in [6.45, 7) is 3.64. The van der Waals surface area contributed by atoms with E-state index in [-0.39, 0.29) is 17.6 Å². The molecule has 1 aliphatic rings. The van der Waals surface area contributed by atoms with Gasteiger partial charge in [-0.05, 0) is 49.4 Å². The summed E-state index contributed by atoms with van der Waals surface area (Å²) in [4.78, 5) is 28.8. The van der Waals surface area contributed by atoms with Gasteiger partial charge in [-0.1, -0.05) is 18.2 Å². The van der Waals surface area contributed by atoms with E-state index in [1.165, 1.54) is 24.3 Å². The molecule has 3 aromatic rings. The number of hydrogen-bond acceptors (Lipinski definition) is 3. The van der Waals surface area contributed by atoms with Crippen molar-refractivity contribution in [1.29, 1.82) is 0 Å². The first-order valence-corrected chi connectivity index (χ1v) is 9.49. The average molecular weight is 392 g/mol. The maximum atomic E-state index is 13.1. The van der Waals surface area contributed by atoms with Crippen molar-refractivity contribution >= 4 is 11.8 Å². The van der Waals surface area contributed by atoms with E-state index in [2.05, 4.69) is 5.10 Å². The van der Waals surface area contributed by atoms with E-state index in [0.29, 0.717) is 37.4 Å². The van der Waals surface area contributed by atoms with Gasteiger partial charge in [0.15, 0.2) is 5.69 Å². The second-order valence-corrected chi connectivity index (χ2v) is 7.01. The number of carbonyl (C=O) groups is 2. The summed E-state index contributed by atoms with van der Waals surface area (Å²) in [6, 6.07) is 17.0. The van der Waals surface area contributed by atoms with Crippen LogP contribution >= 0.6 is 0 Å². The SMILES string of the molecule is Cc1cc(C(=O)N2CCN(C(=O)c3ccc(F)cc3)CC2)nn1-c1ccccc1. The molecule has 29 heavy (non-hydrogen) atoms. The number of nitrogens with zero attached hydrogens (tertiary/aromatic N) is 4. The molecule has 0 spiro atoms. The van der Waals surface area contributed by atoms with Gasteiger partial charge in [-0.25, -0.2) is 9.07 Å². The van der Waals surface area contributed by atoms with E-state index in [0.717, 1.165) is 11.4 Å². The van der Waals surface area contributed by atoms with Gasteiger partial charge >= 0.3 is 0 Å². The summed E-state index contributed by atoms with van der Waals surface area (Å²) >= 11 is 0. The molecule has 0 saturated carbocycles. The lowest BCUT2D eigenvalue weighted by atomic mass is 10.1. The lowest BCUT2D eigenvalue weighted by Gasteiger charge is -2.34.